The van der Waals surface area contributed by atoms with Crippen molar-refractivity contribution in [3.63, 3.8) is 0 Å². The minimum absolute atomic E-state index is 0.888. The topological polar surface area (TPSA) is 24.9 Å². The van der Waals surface area contributed by atoms with E-state index in [2.05, 4.69) is 45.9 Å². The van der Waals surface area contributed by atoms with Crippen LogP contribution in [0.4, 0.5) is 11.5 Å². The van der Waals surface area contributed by atoms with Crippen molar-refractivity contribution in [2.45, 2.75) is 6.92 Å². The Morgan fingerprint density at radius 3 is 2.73 bits per heavy atom. The van der Waals surface area contributed by atoms with Crippen LogP contribution < -0.4 is 5.32 Å². The highest BCUT2D eigenvalue weighted by atomic mass is 127. The van der Waals surface area contributed by atoms with Gasteiger partial charge in [0.25, 0.3) is 0 Å². The molecule has 0 aliphatic heterocycles. The van der Waals surface area contributed by atoms with Gasteiger partial charge in [0, 0.05) is 9.77 Å². The molecule has 1 N–H and O–H groups in total. The largest absolute Gasteiger partial charge is 0.339 e. The van der Waals surface area contributed by atoms with Crippen LogP contribution in [-0.4, -0.2) is 4.98 Å². The van der Waals surface area contributed by atoms with Gasteiger partial charge in [0.05, 0.1) is 5.69 Å². The highest BCUT2D eigenvalue weighted by Gasteiger charge is 1.99. The van der Waals surface area contributed by atoms with Gasteiger partial charge in [0.1, 0.15) is 5.82 Å². The zero-order valence-corrected chi connectivity index (χ0v) is 10.5. The second-order valence-electron chi connectivity index (χ2n) is 3.32. The molecule has 15 heavy (non-hydrogen) atoms. The first-order valence-corrected chi connectivity index (χ1v) is 5.78. The summed E-state index contributed by atoms with van der Waals surface area (Å²) in [6.45, 7) is 2.06. The number of aromatic nitrogens is 1. The lowest BCUT2D eigenvalue weighted by atomic mass is 10.3. The van der Waals surface area contributed by atoms with E-state index in [9.17, 15) is 0 Å². The van der Waals surface area contributed by atoms with Gasteiger partial charge < -0.3 is 5.32 Å². The minimum Gasteiger partial charge on any atom is -0.339 e. The van der Waals surface area contributed by atoms with E-state index in [0.29, 0.717) is 0 Å². The number of para-hydroxylation sites is 1. The molecule has 0 aliphatic rings. The third-order valence-corrected chi connectivity index (χ3v) is 2.99. The van der Waals surface area contributed by atoms with Crippen LogP contribution in [0.3, 0.4) is 0 Å². The molecule has 2 aromatic rings. The highest BCUT2D eigenvalue weighted by Crippen LogP contribution is 2.21. The Balaban J connectivity index is 2.26. The summed E-state index contributed by atoms with van der Waals surface area (Å²) in [4.78, 5) is 4.26. The third-order valence-electron chi connectivity index (χ3n) is 2.05. The Morgan fingerprint density at radius 2 is 2.00 bits per heavy atom. The fourth-order valence-electron chi connectivity index (χ4n) is 1.31. The SMILES string of the molecule is Cc1ccnc(Nc2ccccc2I)c1. The Bertz CT molecular complexity index is 469. The van der Waals surface area contributed by atoms with Crippen LogP contribution in [0.15, 0.2) is 42.6 Å². The average molecular weight is 310 g/mol. The molecule has 0 saturated carbocycles. The number of anilines is 2. The molecule has 2 nitrogen and oxygen atoms in total. The molecule has 0 spiro atoms. The van der Waals surface area contributed by atoms with Crippen LogP contribution in [0.5, 0.6) is 0 Å². The summed E-state index contributed by atoms with van der Waals surface area (Å²) in [5, 5.41) is 3.29. The maximum absolute atomic E-state index is 4.26. The molecule has 0 unspecified atom stereocenters. The molecular formula is C12H11IN2. The molecule has 0 aliphatic carbocycles. The van der Waals surface area contributed by atoms with Crippen LogP contribution in [0.2, 0.25) is 0 Å². The molecule has 1 aromatic heterocycles. The normalized spacial score (nSPS) is 10.0. The summed E-state index contributed by atoms with van der Waals surface area (Å²) in [7, 11) is 0. The van der Waals surface area contributed by atoms with Crippen molar-refractivity contribution in [2.24, 2.45) is 0 Å². The van der Waals surface area contributed by atoms with E-state index in [0.717, 1.165) is 11.5 Å². The van der Waals surface area contributed by atoms with Crippen molar-refractivity contribution in [1.82, 2.24) is 4.98 Å². The molecule has 0 saturated heterocycles. The maximum Gasteiger partial charge on any atom is 0.130 e. The number of halogens is 1. The van der Waals surface area contributed by atoms with Crippen LogP contribution in [0.1, 0.15) is 5.56 Å². The van der Waals surface area contributed by atoms with Crippen molar-refractivity contribution in [1.29, 1.82) is 0 Å². The van der Waals surface area contributed by atoms with Crippen molar-refractivity contribution in [3.8, 4) is 0 Å². The molecular weight excluding hydrogens is 299 g/mol. The number of nitrogens with zero attached hydrogens (tertiary/aromatic N) is 1. The fraction of sp³-hybridized carbons (Fsp3) is 0.0833. The number of pyridine rings is 1. The van der Waals surface area contributed by atoms with E-state index in [1.165, 1.54) is 9.13 Å². The molecule has 0 fully saturated rings. The number of nitrogens with one attached hydrogen (secondary N) is 1. The van der Waals surface area contributed by atoms with Crippen LogP contribution in [-0.2, 0) is 0 Å². The van der Waals surface area contributed by atoms with Crippen molar-refractivity contribution in [3.05, 3.63) is 51.7 Å². The first-order chi connectivity index (χ1) is 7.25. The first-order valence-electron chi connectivity index (χ1n) is 4.70. The van der Waals surface area contributed by atoms with E-state index in [1.54, 1.807) is 0 Å². The second-order valence-corrected chi connectivity index (χ2v) is 4.49. The molecule has 76 valence electrons. The van der Waals surface area contributed by atoms with Gasteiger partial charge in [0.2, 0.25) is 0 Å². The van der Waals surface area contributed by atoms with Crippen molar-refractivity contribution in [2.75, 3.05) is 5.32 Å². The number of rotatable bonds is 2. The maximum atomic E-state index is 4.26. The smallest absolute Gasteiger partial charge is 0.130 e. The lowest BCUT2D eigenvalue weighted by molar-refractivity contribution is 1.27. The van der Waals surface area contributed by atoms with E-state index >= 15 is 0 Å². The Hall–Kier alpha value is -1.10. The third kappa shape index (κ3) is 2.68. The van der Waals surface area contributed by atoms with Gasteiger partial charge in [-0.05, 0) is 59.3 Å². The summed E-state index contributed by atoms with van der Waals surface area (Å²) < 4.78 is 1.19. The number of aryl methyl sites for hydroxylation is 1. The van der Waals surface area contributed by atoms with E-state index in [1.807, 2.05) is 36.5 Å². The van der Waals surface area contributed by atoms with Gasteiger partial charge in [0.15, 0.2) is 0 Å². The first kappa shape index (κ1) is 10.4. The monoisotopic (exact) mass is 310 g/mol. The summed E-state index contributed by atoms with van der Waals surface area (Å²) in [6.07, 6.45) is 1.81. The number of hydrogen-bond acceptors (Lipinski definition) is 2. The standard InChI is InChI=1S/C12H11IN2/c1-9-6-7-14-12(8-9)15-11-5-3-2-4-10(11)13/h2-8H,1H3,(H,14,15). The average Bonchev–Trinajstić information content (AvgIpc) is 2.22. The minimum atomic E-state index is 0.888. The molecule has 0 bridgehead atoms. The van der Waals surface area contributed by atoms with Gasteiger partial charge >= 0.3 is 0 Å². The van der Waals surface area contributed by atoms with Crippen LogP contribution in [0.25, 0.3) is 0 Å². The molecule has 0 amide bonds. The fourth-order valence-corrected chi connectivity index (χ4v) is 1.83. The van der Waals surface area contributed by atoms with Crippen LogP contribution in [0, 0.1) is 10.5 Å². The van der Waals surface area contributed by atoms with E-state index in [4.69, 9.17) is 0 Å². The molecule has 0 atom stereocenters. The molecule has 1 aromatic carbocycles. The molecule has 0 radical (unpaired) electrons. The Labute approximate surface area is 103 Å². The predicted molar refractivity (Wildman–Crippen MR) is 71.4 cm³/mol. The lowest BCUT2D eigenvalue weighted by Crippen LogP contribution is -1.95. The molecule has 3 heteroatoms. The Kier molecular flexibility index (Phi) is 3.20. The zero-order valence-electron chi connectivity index (χ0n) is 8.37. The lowest BCUT2D eigenvalue weighted by Gasteiger charge is -2.07. The van der Waals surface area contributed by atoms with Gasteiger partial charge in [-0.2, -0.15) is 0 Å². The summed E-state index contributed by atoms with van der Waals surface area (Å²) in [5.41, 5.74) is 2.30. The predicted octanol–water partition coefficient (Wildman–Crippen LogP) is 3.74. The summed E-state index contributed by atoms with van der Waals surface area (Å²) >= 11 is 2.31. The van der Waals surface area contributed by atoms with Crippen molar-refractivity contribution >= 4 is 34.1 Å². The van der Waals surface area contributed by atoms with E-state index < -0.39 is 0 Å². The van der Waals surface area contributed by atoms with Gasteiger partial charge in [-0.3, -0.25) is 0 Å². The van der Waals surface area contributed by atoms with E-state index in [-0.39, 0.29) is 0 Å². The van der Waals surface area contributed by atoms with Gasteiger partial charge in [-0.15, -0.1) is 0 Å². The summed E-state index contributed by atoms with van der Waals surface area (Å²) in [6, 6.07) is 12.2. The van der Waals surface area contributed by atoms with Gasteiger partial charge in [-0.1, -0.05) is 12.1 Å². The zero-order chi connectivity index (χ0) is 10.7. The quantitative estimate of drug-likeness (QED) is 0.855. The van der Waals surface area contributed by atoms with Crippen molar-refractivity contribution < 1.29 is 0 Å². The second kappa shape index (κ2) is 4.61. The van der Waals surface area contributed by atoms with Crippen LogP contribution >= 0.6 is 22.6 Å². The molecule has 1 heterocycles. The molecule has 2 rings (SSSR count). The Morgan fingerprint density at radius 1 is 1.20 bits per heavy atom. The number of benzene rings is 1. The number of hydrogen-bond donors (Lipinski definition) is 1. The summed E-state index contributed by atoms with van der Waals surface area (Å²) in [5.74, 6) is 0.888. The highest BCUT2D eigenvalue weighted by molar-refractivity contribution is 14.1. The van der Waals surface area contributed by atoms with Gasteiger partial charge in [-0.25, -0.2) is 4.98 Å².